The number of pyridine rings is 1. The lowest BCUT2D eigenvalue weighted by Gasteiger charge is -2.35. The number of anilines is 2. The number of aromatic nitrogens is 1. The topological polar surface area (TPSA) is 65.5 Å². The van der Waals surface area contributed by atoms with Crippen molar-refractivity contribution in [2.24, 2.45) is 0 Å². The molecule has 1 saturated heterocycles. The first-order valence-corrected chi connectivity index (χ1v) is 8.86. The van der Waals surface area contributed by atoms with Gasteiger partial charge in [-0.15, -0.1) is 0 Å². The zero-order valence-corrected chi connectivity index (χ0v) is 15.6. The Balaban J connectivity index is 1.72. The molecule has 7 heteroatoms. The molecule has 2 amide bonds. The van der Waals surface area contributed by atoms with Gasteiger partial charge in [0.25, 0.3) is 5.91 Å². The summed E-state index contributed by atoms with van der Waals surface area (Å²) in [4.78, 5) is 32.2. The lowest BCUT2D eigenvalue weighted by Crippen LogP contribution is -2.48. The summed E-state index contributed by atoms with van der Waals surface area (Å²) in [7, 11) is 0. The molecule has 0 spiro atoms. The highest BCUT2D eigenvalue weighted by Gasteiger charge is 2.20. The molecule has 0 bridgehead atoms. The van der Waals surface area contributed by atoms with Crippen LogP contribution in [0.2, 0.25) is 5.02 Å². The number of halogens is 1. The summed E-state index contributed by atoms with van der Waals surface area (Å²) in [6.07, 6.45) is 1.63. The summed E-state index contributed by atoms with van der Waals surface area (Å²) in [5, 5.41) is 3.47. The van der Waals surface area contributed by atoms with Crippen molar-refractivity contribution in [2.45, 2.75) is 13.8 Å². The number of piperazine rings is 1. The normalized spacial score (nSPS) is 14.3. The molecule has 0 unspecified atom stereocenters. The molecule has 26 heavy (non-hydrogen) atoms. The molecule has 0 saturated carbocycles. The predicted octanol–water partition coefficient (Wildman–Crippen LogP) is 2.96. The van der Waals surface area contributed by atoms with Crippen LogP contribution in [0.15, 0.2) is 36.5 Å². The van der Waals surface area contributed by atoms with E-state index < -0.39 is 0 Å². The predicted molar refractivity (Wildman–Crippen MR) is 103 cm³/mol. The van der Waals surface area contributed by atoms with Gasteiger partial charge in [-0.1, -0.05) is 17.7 Å². The van der Waals surface area contributed by atoms with Gasteiger partial charge in [0, 0.05) is 55.7 Å². The average molecular weight is 373 g/mol. The number of hydrogen-bond acceptors (Lipinski definition) is 4. The number of rotatable bonds is 3. The van der Waals surface area contributed by atoms with E-state index in [1.54, 1.807) is 31.3 Å². The third-order valence-corrected chi connectivity index (χ3v) is 4.99. The molecule has 2 aromatic rings. The Morgan fingerprint density at radius 2 is 1.88 bits per heavy atom. The van der Waals surface area contributed by atoms with Gasteiger partial charge in [0.2, 0.25) is 5.91 Å². The number of hydrogen-bond donors (Lipinski definition) is 1. The molecule has 0 aliphatic carbocycles. The number of carbonyl (C=O) groups excluding carboxylic acids is 2. The summed E-state index contributed by atoms with van der Waals surface area (Å²) in [6.45, 7) is 6.27. The molecule has 1 aliphatic heterocycles. The number of nitrogens with zero attached hydrogens (tertiary/aromatic N) is 3. The largest absolute Gasteiger partial charge is 0.368 e. The zero-order chi connectivity index (χ0) is 18.7. The number of nitrogens with one attached hydrogen (secondary N) is 1. The molecular weight excluding hydrogens is 352 g/mol. The van der Waals surface area contributed by atoms with Crippen LogP contribution in [0.3, 0.4) is 0 Å². The maximum absolute atomic E-state index is 12.6. The molecule has 2 heterocycles. The van der Waals surface area contributed by atoms with Crippen LogP contribution < -0.4 is 10.2 Å². The van der Waals surface area contributed by atoms with E-state index in [4.69, 9.17) is 11.6 Å². The first-order chi connectivity index (χ1) is 12.5. The Kier molecular flexibility index (Phi) is 5.42. The van der Waals surface area contributed by atoms with Crippen molar-refractivity contribution in [3.63, 3.8) is 0 Å². The van der Waals surface area contributed by atoms with E-state index >= 15 is 0 Å². The van der Waals surface area contributed by atoms with E-state index in [2.05, 4.69) is 15.2 Å². The fraction of sp³-hybridized carbons (Fsp3) is 0.316. The van der Waals surface area contributed by atoms with Crippen molar-refractivity contribution >= 4 is 34.8 Å². The lowest BCUT2D eigenvalue weighted by molar-refractivity contribution is -0.129. The third-order valence-electron chi connectivity index (χ3n) is 4.58. The molecule has 0 atom stereocenters. The van der Waals surface area contributed by atoms with Crippen molar-refractivity contribution in [3.05, 3.63) is 52.8 Å². The maximum atomic E-state index is 12.6. The lowest BCUT2D eigenvalue weighted by atomic mass is 10.2. The molecule has 1 aromatic heterocycles. The van der Waals surface area contributed by atoms with E-state index in [0.29, 0.717) is 29.5 Å². The number of carbonyl (C=O) groups is 2. The van der Waals surface area contributed by atoms with Crippen LogP contribution in [0, 0.1) is 6.92 Å². The minimum Gasteiger partial charge on any atom is -0.368 e. The standard InChI is InChI=1S/C19H21ClN4O2/c1-13-16(20)4-3-5-17(13)22-19(26)18-12-15(6-7-21-18)24-10-8-23(9-11-24)14(2)25/h3-7,12H,8-11H2,1-2H3,(H,22,26). The molecule has 1 aliphatic rings. The Bertz CT molecular complexity index is 832. The molecule has 136 valence electrons. The molecule has 0 radical (unpaired) electrons. The third kappa shape index (κ3) is 3.96. The summed E-state index contributed by atoms with van der Waals surface area (Å²) in [5.41, 5.74) is 2.76. The van der Waals surface area contributed by atoms with E-state index in [-0.39, 0.29) is 11.8 Å². The van der Waals surface area contributed by atoms with Gasteiger partial charge in [-0.25, -0.2) is 0 Å². The quantitative estimate of drug-likeness (QED) is 0.899. The van der Waals surface area contributed by atoms with Crippen LogP contribution in [0.25, 0.3) is 0 Å². The van der Waals surface area contributed by atoms with E-state index in [0.717, 1.165) is 24.3 Å². The Hall–Kier alpha value is -2.60. The summed E-state index contributed by atoms with van der Waals surface area (Å²) >= 11 is 6.10. The monoisotopic (exact) mass is 372 g/mol. The van der Waals surface area contributed by atoms with Crippen LogP contribution in [0.1, 0.15) is 23.0 Å². The average Bonchev–Trinajstić information content (AvgIpc) is 2.65. The van der Waals surface area contributed by atoms with Crippen molar-refractivity contribution in [1.29, 1.82) is 0 Å². The first-order valence-electron chi connectivity index (χ1n) is 8.48. The van der Waals surface area contributed by atoms with Crippen molar-refractivity contribution < 1.29 is 9.59 Å². The van der Waals surface area contributed by atoms with Gasteiger partial charge < -0.3 is 15.1 Å². The second-order valence-corrected chi connectivity index (χ2v) is 6.67. The van der Waals surface area contributed by atoms with Gasteiger partial charge >= 0.3 is 0 Å². The highest BCUT2D eigenvalue weighted by atomic mass is 35.5. The van der Waals surface area contributed by atoms with E-state index in [1.165, 1.54) is 0 Å². The molecule has 6 nitrogen and oxygen atoms in total. The molecule has 1 fully saturated rings. The fourth-order valence-corrected chi connectivity index (χ4v) is 3.12. The van der Waals surface area contributed by atoms with Gasteiger partial charge in [0.05, 0.1) is 0 Å². The second kappa shape index (κ2) is 7.74. The van der Waals surface area contributed by atoms with E-state index in [1.807, 2.05) is 24.0 Å². The van der Waals surface area contributed by atoms with Crippen LogP contribution >= 0.6 is 11.6 Å². The minimum absolute atomic E-state index is 0.0938. The maximum Gasteiger partial charge on any atom is 0.274 e. The molecule has 3 rings (SSSR count). The Labute approximate surface area is 157 Å². The highest BCUT2D eigenvalue weighted by molar-refractivity contribution is 6.31. The van der Waals surface area contributed by atoms with Gasteiger partial charge in [0.15, 0.2) is 0 Å². The van der Waals surface area contributed by atoms with E-state index in [9.17, 15) is 9.59 Å². The number of amides is 2. The molecule has 1 N–H and O–H groups in total. The smallest absolute Gasteiger partial charge is 0.274 e. The zero-order valence-electron chi connectivity index (χ0n) is 14.8. The number of benzene rings is 1. The first kappa shape index (κ1) is 18.2. The van der Waals surface area contributed by atoms with Crippen LogP contribution in [0.4, 0.5) is 11.4 Å². The van der Waals surface area contributed by atoms with Gasteiger partial charge in [-0.2, -0.15) is 0 Å². The van der Waals surface area contributed by atoms with Gasteiger partial charge in [-0.05, 0) is 36.8 Å². The van der Waals surface area contributed by atoms with Gasteiger partial charge in [0.1, 0.15) is 5.69 Å². The summed E-state index contributed by atoms with van der Waals surface area (Å²) < 4.78 is 0. The summed E-state index contributed by atoms with van der Waals surface area (Å²) in [6, 6.07) is 9.04. The van der Waals surface area contributed by atoms with Crippen LogP contribution in [-0.4, -0.2) is 47.9 Å². The molecular formula is C19H21ClN4O2. The second-order valence-electron chi connectivity index (χ2n) is 6.26. The van der Waals surface area contributed by atoms with Gasteiger partial charge in [-0.3, -0.25) is 14.6 Å². The Morgan fingerprint density at radius 1 is 1.15 bits per heavy atom. The fourth-order valence-electron chi connectivity index (χ4n) is 2.95. The minimum atomic E-state index is -0.278. The Morgan fingerprint density at radius 3 is 2.58 bits per heavy atom. The van der Waals surface area contributed by atoms with Crippen molar-refractivity contribution in [2.75, 3.05) is 36.4 Å². The van der Waals surface area contributed by atoms with Crippen molar-refractivity contribution in [1.82, 2.24) is 9.88 Å². The molecule has 1 aromatic carbocycles. The van der Waals surface area contributed by atoms with Crippen LogP contribution in [0.5, 0.6) is 0 Å². The highest BCUT2D eigenvalue weighted by Crippen LogP contribution is 2.24. The summed E-state index contributed by atoms with van der Waals surface area (Å²) in [5.74, 6) is -0.184. The van der Waals surface area contributed by atoms with Crippen LogP contribution in [-0.2, 0) is 4.79 Å². The SMILES string of the molecule is CC(=O)N1CCN(c2ccnc(C(=O)Nc3cccc(Cl)c3C)c2)CC1. The van der Waals surface area contributed by atoms with Crippen molar-refractivity contribution in [3.8, 4) is 0 Å².